The first-order chi connectivity index (χ1) is 9.58. The Labute approximate surface area is 123 Å². The number of aliphatic hydroxyl groups is 1. The summed E-state index contributed by atoms with van der Waals surface area (Å²) >= 11 is 0. The van der Waals surface area contributed by atoms with Crippen molar-refractivity contribution in [3.8, 4) is 0 Å². The molecule has 0 saturated heterocycles. The fourth-order valence-electron chi connectivity index (χ4n) is 3.90. The Hall–Kier alpha value is -0.820. The van der Waals surface area contributed by atoms with E-state index in [1.54, 1.807) is 0 Å². The van der Waals surface area contributed by atoms with Crippen LogP contribution in [0.5, 0.6) is 0 Å². The van der Waals surface area contributed by atoms with E-state index in [0.717, 1.165) is 30.6 Å². The summed E-state index contributed by atoms with van der Waals surface area (Å²) in [6, 6.07) is 8.82. The van der Waals surface area contributed by atoms with Gasteiger partial charge in [-0.2, -0.15) is 0 Å². The normalized spacial score (nSPS) is 31.3. The van der Waals surface area contributed by atoms with Crippen LogP contribution in [-0.4, -0.2) is 5.11 Å². The van der Waals surface area contributed by atoms with E-state index in [1.807, 2.05) is 0 Å². The van der Waals surface area contributed by atoms with E-state index in [-0.39, 0.29) is 0 Å². The summed E-state index contributed by atoms with van der Waals surface area (Å²) in [7, 11) is 0. The zero-order valence-electron chi connectivity index (χ0n) is 12.9. The third-order valence-electron chi connectivity index (χ3n) is 5.80. The minimum Gasteiger partial charge on any atom is -0.385 e. The molecular formula is C19H28O. The first kappa shape index (κ1) is 14.1. The monoisotopic (exact) mass is 272 g/mol. The van der Waals surface area contributed by atoms with Crippen LogP contribution >= 0.6 is 0 Å². The molecule has 2 aliphatic rings. The standard InChI is InChI=1S/C19H28O/c1-14(2)15-9-11-19(20,12-10-15)18-8-4-7-17(13-18)16-5-3-6-16/h4,7-8,13-16,20H,3,5-6,9-12H2,1-2H3. The van der Waals surface area contributed by atoms with E-state index in [4.69, 9.17) is 0 Å². The number of hydrogen-bond acceptors (Lipinski definition) is 1. The Morgan fingerprint density at radius 1 is 1.10 bits per heavy atom. The van der Waals surface area contributed by atoms with Gasteiger partial charge in [0.15, 0.2) is 0 Å². The topological polar surface area (TPSA) is 20.2 Å². The second kappa shape index (κ2) is 5.52. The van der Waals surface area contributed by atoms with Gasteiger partial charge in [0, 0.05) is 0 Å². The van der Waals surface area contributed by atoms with Crippen molar-refractivity contribution in [2.75, 3.05) is 0 Å². The van der Waals surface area contributed by atoms with Crippen molar-refractivity contribution in [2.45, 2.75) is 70.3 Å². The second-order valence-corrected chi connectivity index (χ2v) is 7.37. The fraction of sp³-hybridized carbons (Fsp3) is 0.684. The maximum Gasteiger partial charge on any atom is 0.0896 e. The molecule has 2 fully saturated rings. The van der Waals surface area contributed by atoms with Crippen LogP contribution in [-0.2, 0) is 5.60 Å². The van der Waals surface area contributed by atoms with Gasteiger partial charge >= 0.3 is 0 Å². The van der Waals surface area contributed by atoms with Crippen LogP contribution in [0.1, 0.15) is 75.8 Å². The summed E-state index contributed by atoms with van der Waals surface area (Å²) in [6.07, 6.45) is 8.24. The highest BCUT2D eigenvalue weighted by Crippen LogP contribution is 2.43. The van der Waals surface area contributed by atoms with E-state index in [2.05, 4.69) is 38.1 Å². The Bertz CT molecular complexity index is 451. The van der Waals surface area contributed by atoms with Gasteiger partial charge in [-0.1, -0.05) is 44.5 Å². The molecule has 1 nitrogen and oxygen atoms in total. The van der Waals surface area contributed by atoms with Crippen molar-refractivity contribution < 1.29 is 5.11 Å². The molecule has 1 heteroatoms. The summed E-state index contributed by atoms with van der Waals surface area (Å²) in [5.74, 6) is 2.30. The molecule has 0 amide bonds. The molecule has 3 rings (SSSR count). The predicted molar refractivity (Wildman–Crippen MR) is 83.7 cm³/mol. The molecule has 0 aliphatic heterocycles. The van der Waals surface area contributed by atoms with Gasteiger partial charge in [0.05, 0.1) is 5.60 Å². The first-order valence-electron chi connectivity index (χ1n) is 8.41. The number of hydrogen-bond donors (Lipinski definition) is 1. The molecular weight excluding hydrogens is 244 g/mol. The molecule has 2 aliphatic carbocycles. The van der Waals surface area contributed by atoms with Gasteiger partial charge in [-0.05, 0) is 67.4 Å². The van der Waals surface area contributed by atoms with Crippen LogP contribution in [0.3, 0.4) is 0 Å². The maximum absolute atomic E-state index is 11.0. The lowest BCUT2D eigenvalue weighted by atomic mass is 9.71. The van der Waals surface area contributed by atoms with Crippen molar-refractivity contribution in [3.05, 3.63) is 35.4 Å². The highest BCUT2D eigenvalue weighted by atomic mass is 16.3. The van der Waals surface area contributed by atoms with Crippen molar-refractivity contribution in [3.63, 3.8) is 0 Å². The molecule has 2 saturated carbocycles. The van der Waals surface area contributed by atoms with Gasteiger partial charge in [0.25, 0.3) is 0 Å². The minimum absolute atomic E-state index is 0.564. The molecule has 0 unspecified atom stereocenters. The van der Waals surface area contributed by atoms with E-state index < -0.39 is 5.60 Å². The maximum atomic E-state index is 11.0. The summed E-state index contributed by atoms with van der Waals surface area (Å²) in [5.41, 5.74) is 2.06. The second-order valence-electron chi connectivity index (χ2n) is 7.37. The molecule has 0 radical (unpaired) electrons. The van der Waals surface area contributed by atoms with Crippen LogP contribution in [0.15, 0.2) is 24.3 Å². The van der Waals surface area contributed by atoms with E-state index in [9.17, 15) is 5.11 Å². The summed E-state index contributed by atoms with van der Waals surface area (Å²) in [4.78, 5) is 0. The fourth-order valence-corrected chi connectivity index (χ4v) is 3.90. The average molecular weight is 272 g/mol. The SMILES string of the molecule is CC(C)C1CCC(O)(c2cccc(C3CCC3)c2)CC1. The van der Waals surface area contributed by atoms with Crippen molar-refractivity contribution in [1.82, 2.24) is 0 Å². The van der Waals surface area contributed by atoms with Gasteiger partial charge in [0.2, 0.25) is 0 Å². The molecule has 1 aromatic rings. The minimum atomic E-state index is -0.564. The van der Waals surface area contributed by atoms with Gasteiger partial charge in [-0.25, -0.2) is 0 Å². The third kappa shape index (κ3) is 2.65. The molecule has 20 heavy (non-hydrogen) atoms. The predicted octanol–water partition coefficient (Wildman–Crippen LogP) is 4.99. The zero-order chi connectivity index (χ0) is 14.2. The molecule has 0 spiro atoms. The highest BCUT2D eigenvalue weighted by molar-refractivity contribution is 5.31. The van der Waals surface area contributed by atoms with E-state index in [0.29, 0.717) is 0 Å². The summed E-state index contributed by atoms with van der Waals surface area (Å²) in [5, 5.41) is 11.0. The van der Waals surface area contributed by atoms with Crippen molar-refractivity contribution >= 4 is 0 Å². The molecule has 0 atom stereocenters. The molecule has 1 aromatic carbocycles. The summed E-state index contributed by atoms with van der Waals surface area (Å²) in [6.45, 7) is 4.62. The molecule has 110 valence electrons. The summed E-state index contributed by atoms with van der Waals surface area (Å²) < 4.78 is 0. The first-order valence-corrected chi connectivity index (χ1v) is 8.41. The van der Waals surface area contributed by atoms with Gasteiger partial charge in [0.1, 0.15) is 0 Å². The Kier molecular flexibility index (Phi) is 3.90. The van der Waals surface area contributed by atoms with Crippen molar-refractivity contribution in [2.24, 2.45) is 11.8 Å². The lowest BCUT2D eigenvalue weighted by molar-refractivity contribution is -0.0200. The van der Waals surface area contributed by atoms with Crippen LogP contribution < -0.4 is 0 Å². The highest BCUT2D eigenvalue weighted by Gasteiger charge is 2.36. The molecule has 0 heterocycles. The van der Waals surface area contributed by atoms with Gasteiger partial charge in [-0.15, -0.1) is 0 Å². The zero-order valence-corrected chi connectivity index (χ0v) is 12.9. The molecule has 0 aromatic heterocycles. The third-order valence-corrected chi connectivity index (χ3v) is 5.80. The van der Waals surface area contributed by atoms with Crippen LogP contribution in [0, 0.1) is 11.8 Å². The van der Waals surface area contributed by atoms with Crippen molar-refractivity contribution in [1.29, 1.82) is 0 Å². The molecule has 1 N–H and O–H groups in total. The van der Waals surface area contributed by atoms with Gasteiger partial charge in [-0.3, -0.25) is 0 Å². The molecule has 0 bridgehead atoms. The quantitative estimate of drug-likeness (QED) is 0.822. The van der Waals surface area contributed by atoms with Crippen LogP contribution in [0.2, 0.25) is 0 Å². The smallest absolute Gasteiger partial charge is 0.0896 e. The van der Waals surface area contributed by atoms with E-state index in [1.165, 1.54) is 43.2 Å². The van der Waals surface area contributed by atoms with E-state index >= 15 is 0 Å². The Balaban J connectivity index is 1.75. The average Bonchev–Trinajstić information content (AvgIpc) is 2.37. The van der Waals surface area contributed by atoms with Gasteiger partial charge < -0.3 is 5.11 Å². The Morgan fingerprint density at radius 3 is 2.35 bits per heavy atom. The number of benzene rings is 1. The lowest BCUT2D eigenvalue weighted by Gasteiger charge is -2.38. The van der Waals surface area contributed by atoms with Crippen LogP contribution in [0.25, 0.3) is 0 Å². The lowest BCUT2D eigenvalue weighted by Crippen LogP contribution is -2.33. The largest absolute Gasteiger partial charge is 0.385 e. The number of rotatable bonds is 3. The Morgan fingerprint density at radius 2 is 1.80 bits per heavy atom. The van der Waals surface area contributed by atoms with Crippen LogP contribution in [0.4, 0.5) is 0 Å².